The highest BCUT2D eigenvalue weighted by atomic mass is 19.4. The minimum Gasteiger partial charge on any atom is -0.465 e. The number of esters is 1. The maximum Gasteiger partial charge on any atom is 0.417 e. The number of carbonyl (C=O) groups excluding carboxylic acids is 1. The first-order valence-electron chi connectivity index (χ1n) is 7.41. The van der Waals surface area contributed by atoms with Gasteiger partial charge in [-0.2, -0.15) is 13.2 Å². The highest BCUT2D eigenvalue weighted by molar-refractivity contribution is 5.93. The van der Waals surface area contributed by atoms with Crippen LogP contribution in [0.5, 0.6) is 0 Å². The summed E-state index contributed by atoms with van der Waals surface area (Å²) in [5.41, 5.74) is -0.461. The Kier molecular flexibility index (Phi) is 4.45. The van der Waals surface area contributed by atoms with Crippen LogP contribution >= 0.6 is 0 Å². The number of H-pyrrole nitrogens is 1. The SMILES string of the molecule is COC(=O)c1ccc2c(=O)[nH]c(Cc3ccc(C(F)(F)F)cn3)nc2c1. The van der Waals surface area contributed by atoms with Gasteiger partial charge in [-0.15, -0.1) is 0 Å². The number of ether oxygens (including phenoxy) is 1. The Morgan fingerprint density at radius 3 is 2.62 bits per heavy atom. The number of fused-ring (bicyclic) bond motifs is 1. The summed E-state index contributed by atoms with van der Waals surface area (Å²) in [7, 11) is 1.24. The van der Waals surface area contributed by atoms with Crippen molar-refractivity contribution in [2.75, 3.05) is 7.11 Å². The molecule has 2 heterocycles. The van der Waals surface area contributed by atoms with Gasteiger partial charge in [-0.1, -0.05) is 0 Å². The first-order chi connectivity index (χ1) is 12.3. The summed E-state index contributed by atoms with van der Waals surface area (Å²) in [5, 5.41) is 0.279. The van der Waals surface area contributed by atoms with E-state index in [0.29, 0.717) is 5.69 Å². The van der Waals surface area contributed by atoms with E-state index in [9.17, 15) is 22.8 Å². The van der Waals surface area contributed by atoms with Crippen molar-refractivity contribution < 1.29 is 22.7 Å². The summed E-state index contributed by atoms with van der Waals surface area (Å²) in [6.45, 7) is 0. The molecule has 0 bridgehead atoms. The van der Waals surface area contributed by atoms with Crippen molar-refractivity contribution in [2.24, 2.45) is 0 Å². The Labute approximate surface area is 144 Å². The molecular formula is C17H12F3N3O3. The van der Waals surface area contributed by atoms with E-state index in [4.69, 9.17) is 0 Å². The van der Waals surface area contributed by atoms with Gasteiger partial charge in [0.05, 0.1) is 29.1 Å². The van der Waals surface area contributed by atoms with Gasteiger partial charge in [-0.3, -0.25) is 9.78 Å². The van der Waals surface area contributed by atoms with Crippen LogP contribution in [-0.4, -0.2) is 28.0 Å². The van der Waals surface area contributed by atoms with Gasteiger partial charge in [0.15, 0.2) is 0 Å². The molecule has 6 nitrogen and oxygen atoms in total. The molecule has 26 heavy (non-hydrogen) atoms. The van der Waals surface area contributed by atoms with Gasteiger partial charge >= 0.3 is 12.1 Å². The number of aromatic amines is 1. The minimum atomic E-state index is -4.47. The average molecular weight is 363 g/mol. The molecule has 3 aromatic rings. The quantitative estimate of drug-likeness (QED) is 0.724. The molecule has 2 aromatic heterocycles. The lowest BCUT2D eigenvalue weighted by atomic mass is 10.1. The second kappa shape index (κ2) is 6.58. The lowest BCUT2D eigenvalue weighted by molar-refractivity contribution is -0.137. The number of nitrogens with zero attached hydrogens (tertiary/aromatic N) is 2. The van der Waals surface area contributed by atoms with Crippen molar-refractivity contribution in [3.63, 3.8) is 0 Å². The third kappa shape index (κ3) is 3.56. The van der Waals surface area contributed by atoms with E-state index < -0.39 is 23.3 Å². The monoisotopic (exact) mass is 363 g/mol. The van der Waals surface area contributed by atoms with E-state index in [-0.39, 0.29) is 28.7 Å². The molecular weight excluding hydrogens is 351 g/mol. The smallest absolute Gasteiger partial charge is 0.417 e. The van der Waals surface area contributed by atoms with Crippen LogP contribution in [0.2, 0.25) is 0 Å². The maximum atomic E-state index is 12.6. The molecule has 1 N–H and O–H groups in total. The molecule has 0 amide bonds. The number of hydrogen-bond acceptors (Lipinski definition) is 5. The van der Waals surface area contributed by atoms with Crippen molar-refractivity contribution in [2.45, 2.75) is 12.6 Å². The number of aromatic nitrogens is 3. The summed E-state index contributed by atoms with van der Waals surface area (Å²) < 4.78 is 42.3. The van der Waals surface area contributed by atoms with Crippen molar-refractivity contribution in [1.29, 1.82) is 0 Å². The molecule has 1 aromatic carbocycles. The zero-order chi connectivity index (χ0) is 18.9. The van der Waals surface area contributed by atoms with Crippen molar-refractivity contribution >= 4 is 16.9 Å². The van der Waals surface area contributed by atoms with Crippen LogP contribution in [0.15, 0.2) is 41.3 Å². The van der Waals surface area contributed by atoms with Gasteiger partial charge in [-0.05, 0) is 30.3 Å². The highest BCUT2D eigenvalue weighted by Gasteiger charge is 2.30. The Morgan fingerprint density at radius 1 is 1.23 bits per heavy atom. The van der Waals surface area contributed by atoms with Crippen LogP contribution in [0.3, 0.4) is 0 Å². The number of benzene rings is 1. The Hall–Kier alpha value is -3.23. The van der Waals surface area contributed by atoms with Crippen LogP contribution in [0.25, 0.3) is 10.9 Å². The first kappa shape index (κ1) is 17.6. The fourth-order valence-electron chi connectivity index (χ4n) is 2.38. The molecule has 0 saturated heterocycles. The van der Waals surface area contributed by atoms with E-state index >= 15 is 0 Å². The van der Waals surface area contributed by atoms with E-state index in [1.807, 2.05) is 0 Å². The standard InChI is InChI=1S/C17H12F3N3O3/c1-26-16(25)9-2-5-12-13(6-9)22-14(23-15(12)24)7-11-4-3-10(8-21-11)17(18,19)20/h2-6,8H,7H2,1H3,(H,22,23,24). The summed E-state index contributed by atoms with van der Waals surface area (Å²) in [4.78, 5) is 34.3. The molecule has 0 radical (unpaired) electrons. The maximum absolute atomic E-state index is 12.6. The molecule has 9 heteroatoms. The fraction of sp³-hybridized carbons (Fsp3) is 0.176. The van der Waals surface area contributed by atoms with Crippen molar-refractivity contribution in [1.82, 2.24) is 15.0 Å². The normalized spacial score (nSPS) is 11.5. The van der Waals surface area contributed by atoms with Gasteiger partial charge in [0.2, 0.25) is 0 Å². The number of nitrogens with one attached hydrogen (secondary N) is 1. The number of carbonyl (C=O) groups is 1. The number of pyridine rings is 1. The van der Waals surface area contributed by atoms with Gasteiger partial charge in [0, 0.05) is 18.3 Å². The molecule has 0 fully saturated rings. The molecule has 3 rings (SSSR count). The van der Waals surface area contributed by atoms with Crippen LogP contribution < -0.4 is 5.56 Å². The highest BCUT2D eigenvalue weighted by Crippen LogP contribution is 2.28. The topological polar surface area (TPSA) is 84.9 Å². The number of methoxy groups -OCH3 is 1. The minimum absolute atomic E-state index is 0.0335. The molecule has 0 saturated carbocycles. The lowest BCUT2D eigenvalue weighted by Crippen LogP contribution is -2.13. The zero-order valence-electron chi connectivity index (χ0n) is 13.4. The summed E-state index contributed by atoms with van der Waals surface area (Å²) in [5.74, 6) is -0.350. The van der Waals surface area contributed by atoms with Gasteiger partial charge in [0.25, 0.3) is 5.56 Å². The summed E-state index contributed by atoms with van der Waals surface area (Å²) in [6.07, 6.45) is -3.71. The molecule has 0 atom stereocenters. The van der Waals surface area contributed by atoms with Gasteiger partial charge < -0.3 is 9.72 Å². The van der Waals surface area contributed by atoms with Crippen LogP contribution in [0.4, 0.5) is 13.2 Å². The first-order valence-corrected chi connectivity index (χ1v) is 7.41. The number of halogens is 3. The Morgan fingerprint density at radius 2 is 2.00 bits per heavy atom. The lowest BCUT2D eigenvalue weighted by Gasteiger charge is -2.07. The second-order valence-electron chi connectivity index (χ2n) is 5.45. The largest absolute Gasteiger partial charge is 0.465 e. The summed E-state index contributed by atoms with van der Waals surface area (Å²) in [6, 6.07) is 6.45. The van der Waals surface area contributed by atoms with E-state index in [1.54, 1.807) is 0 Å². The van der Waals surface area contributed by atoms with Crippen LogP contribution in [0.1, 0.15) is 27.4 Å². The summed E-state index contributed by atoms with van der Waals surface area (Å²) >= 11 is 0. The molecule has 134 valence electrons. The van der Waals surface area contributed by atoms with E-state index in [2.05, 4.69) is 19.7 Å². The average Bonchev–Trinajstić information content (AvgIpc) is 2.60. The Balaban J connectivity index is 1.95. The molecule has 0 unspecified atom stereocenters. The predicted molar refractivity (Wildman–Crippen MR) is 85.7 cm³/mol. The van der Waals surface area contributed by atoms with Crippen molar-refractivity contribution in [3.05, 3.63) is 69.5 Å². The second-order valence-corrected chi connectivity index (χ2v) is 5.45. The zero-order valence-corrected chi connectivity index (χ0v) is 13.4. The third-order valence-electron chi connectivity index (χ3n) is 3.68. The number of rotatable bonds is 3. The third-order valence-corrected chi connectivity index (χ3v) is 3.68. The molecule has 0 aliphatic heterocycles. The number of alkyl halides is 3. The molecule has 0 aliphatic carbocycles. The molecule has 0 spiro atoms. The van der Waals surface area contributed by atoms with E-state index in [1.165, 1.54) is 31.4 Å². The van der Waals surface area contributed by atoms with Gasteiger partial charge in [-0.25, -0.2) is 9.78 Å². The van der Waals surface area contributed by atoms with Crippen molar-refractivity contribution in [3.8, 4) is 0 Å². The van der Waals surface area contributed by atoms with Crippen LogP contribution in [0, 0.1) is 0 Å². The molecule has 0 aliphatic rings. The number of hydrogen-bond donors (Lipinski definition) is 1. The van der Waals surface area contributed by atoms with E-state index in [0.717, 1.165) is 12.3 Å². The Bertz CT molecular complexity index is 1030. The fourth-order valence-corrected chi connectivity index (χ4v) is 2.38. The van der Waals surface area contributed by atoms with Crippen LogP contribution in [-0.2, 0) is 17.3 Å². The predicted octanol–water partition coefficient (Wildman–Crippen LogP) is 2.71. The van der Waals surface area contributed by atoms with Gasteiger partial charge in [0.1, 0.15) is 5.82 Å².